The second-order valence-corrected chi connectivity index (χ2v) is 5.55. The lowest BCUT2D eigenvalue weighted by atomic mass is 10.1. The molecule has 0 radical (unpaired) electrons. The number of rotatable bonds is 2. The van der Waals surface area contributed by atoms with E-state index in [1.807, 2.05) is 12.1 Å². The van der Waals surface area contributed by atoms with Crippen LogP contribution in [-0.2, 0) is 11.2 Å². The van der Waals surface area contributed by atoms with Crippen molar-refractivity contribution in [3.8, 4) is 0 Å². The van der Waals surface area contributed by atoms with Gasteiger partial charge in [-0.05, 0) is 52.7 Å². The van der Waals surface area contributed by atoms with Gasteiger partial charge in [0, 0.05) is 33.3 Å². The maximum absolute atomic E-state index is 10.8. The summed E-state index contributed by atoms with van der Waals surface area (Å²) in [7, 11) is 0. The molecule has 0 saturated carbocycles. The average Bonchev–Trinajstić information content (AvgIpc) is 2.34. The van der Waals surface area contributed by atoms with E-state index in [-0.39, 0.29) is 5.78 Å². The molecule has 0 unspecified atom stereocenters. The van der Waals surface area contributed by atoms with Crippen LogP contribution in [0.1, 0.15) is 12.5 Å². The van der Waals surface area contributed by atoms with Crippen LogP contribution >= 0.6 is 39.1 Å². The summed E-state index contributed by atoms with van der Waals surface area (Å²) in [6.07, 6.45) is 3.86. The van der Waals surface area contributed by atoms with Gasteiger partial charge in [-0.1, -0.05) is 29.3 Å². The average molecular weight is 361 g/mol. The number of hydrogen-bond acceptors (Lipinski definition) is 2. The summed E-state index contributed by atoms with van der Waals surface area (Å²) in [5, 5.41) is 1.14. The molecule has 0 N–H and O–H groups in total. The zero-order valence-electron chi connectivity index (χ0n) is 10.2. The SMILES string of the molecule is Brc1cccnc1.CC(=O)Cc1ccc(Cl)cc1Cl. The second kappa shape index (κ2) is 8.31. The predicted molar refractivity (Wildman–Crippen MR) is 82.8 cm³/mol. The standard InChI is InChI=1S/C9H8Cl2O.C5H4BrN/c1-6(12)4-7-2-3-8(10)5-9(7)11;6-5-2-1-3-7-4-5/h2-3,5H,4H2,1H3;1-4H. The molecule has 0 bridgehead atoms. The monoisotopic (exact) mass is 359 g/mol. The van der Waals surface area contributed by atoms with Crippen LogP contribution in [0, 0.1) is 0 Å². The van der Waals surface area contributed by atoms with E-state index in [9.17, 15) is 4.79 Å². The highest BCUT2D eigenvalue weighted by Gasteiger charge is 2.02. The van der Waals surface area contributed by atoms with E-state index >= 15 is 0 Å². The van der Waals surface area contributed by atoms with E-state index in [4.69, 9.17) is 23.2 Å². The Morgan fingerprint density at radius 1 is 1.32 bits per heavy atom. The number of hydrogen-bond donors (Lipinski definition) is 0. The minimum Gasteiger partial charge on any atom is -0.300 e. The van der Waals surface area contributed by atoms with Gasteiger partial charge < -0.3 is 0 Å². The molecule has 19 heavy (non-hydrogen) atoms. The van der Waals surface area contributed by atoms with Crippen LogP contribution in [0.15, 0.2) is 47.2 Å². The van der Waals surface area contributed by atoms with Gasteiger partial charge in [0.25, 0.3) is 0 Å². The lowest BCUT2D eigenvalue weighted by molar-refractivity contribution is -0.116. The maximum Gasteiger partial charge on any atom is 0.134 e. The van der Waals surface area contributed by atoms with Crippen LogP contribution in [0.4, 0.5) is 0 Å². The second-order valence-electron chi connectivity index (χ2n) is 3.79. The van der Waals surface area contributed by atoms with Crippen molar-refractivity contribution >= 4 is 44.9 Å². The van der Waals surface area contributed by atoms with Gasteiger partial charge in [-0.25, -0.2) is 0 Å². The predicted octanol–water partition coefficient (Wildman–Crippen LogP) is 4.97. The van der Waals surface area contributed by atoms with Crippen molar-refractivity contribution < 1.29 is 4.79 Å². The molecule has 0 atom stereocenters. The molecule has 0 aliphatic heterocycles. The molecule has 0 aliphatic rings. The summed E-state index contributed by atoms with van der Waals surface area (Å²) >= 11 is 14.8. The third kappa shape index (κ3) is 6.71. The first-order valence-electron chi connectivity index (χ1n) is 5.48. The molecule has 0 fully saturated rings. The molecular formula is C14H12BrCl2NO. The Labute approximate surface area is 130 Å². The molecule has 2 nitrogen and oxygen atoms in total. The fourth-order valence-electron chi connectivity index (χ4n) is 1.28. The van der Waals surface area contributed by atoms with Crippen molar-refractivity contribution in [3.63, 3.8) is 0 Å². The number of pyridine rings is 1. The smallest absolute Gasteiger partial charge is 0.134 e. The van der Waals surface area contributed by atoms with Crippen LogP contribution in [0.2, 0.25) is 10.0 Å². The topological polar surface area (TPSA) is 30.0 Å². The largest absolute Gasteiger partial charge is 0.300 e. The fraction of sp³-hybridized carbons (Fsp3) is 0.143. The Hall–Kier alpha value is -0.900. The molecule has 1 aromatic carbocycles. The minimum atomic E-state index is 0.0965. The first kappa shape index (κ1) is 16.2. The molecule has 2 aromatic rings. The number of carbonyl (C=O) groups is 1. The number of ketones is 1. The van der Waals surface area contributed by atoms with E-state index in [1.54, 1.807) is 30.6 Å². The molecule has 5 heteroatoms. The highest BCUT2D eigenvalue weighted by molar-refractivity contribution is 9.10. The van der Waals surface area contributed by atoms with Crippen molar-refractivity contribution in [2.24, 2.45) is 0 Å². The van der Waals surface area contributed by atoms with Gasteiger partial charge in [0.1, 0.15) is 5.78 Å². The molecule has 1 aromatic heterocycles. The fourth-order valence-corrected chi connectivity index (χ4v) is 2.02. The van der Waals surface area contributed by atoms with Crippen molar-refractivity contribution in [1.29, 1.82) is 0 Å². The summed E-state index contributed by atoms with van der Waals surface area (Å²) < 4.78 is 1.02. The quantitative estimate of drug-likeness (QED) is 0.756. The maximum atomic E-state index is 10.8. The number of nitrogens with zero attached hydrogens (tertiary/aromatic N) is 1. The number of aromatic nitrogens is 1. The van der Waals surface area contributed by atoms with Crippen molar-refractivity contribution in [2.75, 3.05) is 0 Å². The van der Waals surface area contributed by atoms with Gasteiger partial charge in [0.2, 0.25) is 0 Å². The molecule has 0 aliphatic carbocycles. The van der Waals surface area contributed by atoms with Gasteiger partial charge in [0.05, 0.1) is 0 Å². The Morgan fingerprint density at radius 2 is 2.05 bits per heavy atom. The molecule has 1 heterocycles. The van der Waals surface area contributed by atoms with Gasteiger partial charge in [-0.2, -0.15) is 0 Å². The van der Waals surface area contributed by atoms with Crippen LogP contribution in [0.25, 0.3) is 0 Å². The van der Waals surface area contributed by atoms with Gasteiger partial charge in [-0.15, -0.1) is 0 Å². The summed E-state index contributed by atoms with van der Waals surface area (Å²) in [6.45, 7) is 1.53. The first-order chi connectivity index (χ1) is 8.99. The molecule has 0 saturated heterocycles. The first-order valence-corrected chi connectivity index (χ1v) is 7.03. The highest BCUT2D eigenvalue weighted by atomic mass is 79.9. The van der Waals surface area contributed by atoms with Gasteiger partial charge >= 0.3 is 0 Å². The van der Waals surface area contributed by atoms with Crippen LogP contribution in [-0.4, -0.2) is 10.8 Å². The minimum absolute atomic E-state index is 0.0965. The van der Waals surface area contributed by atoms with Gasteiger partial charge in [-0.3, -0.25) is 9.78 Å². The Morgan fingerprint density at radius 3 is 2.47 bits per heavy atom. The molecular weight excluding hydrogens is 349 g/mol. The van der Waals surface area contributed by atoms with Gasteiger partial charge in [0.15, 0.2) is 0 Å². The Bertz CT molecular complexity index is 546. The number of carbonyl (C=O) groups excluding carboxylic acids is 1. The Balaban J connectivity index is 0.000000218. The number of halogens is 3. The third-order valence-corrected chi connectivity index (χ3v) is 3.14. The van der Waals surface area contributed by atoms with Crippen molar-refractivity contribution in [3.05, 3.63) is 62.8 Å². The number of benzene rings is 1. The van der Waals surface area contributed by atoms with E-state index in [1.165, 1.54) is 6.92 Å². The summed E-state index contributed by atoms with van der Waals surface area (Å²) in [5.74, 6) is 0.0965. The lowest BCUT2D eigenvalue weighted by Crippen LogP contribution is -1.96. The summed E-state index contributed by atoms with van der Waals surface area (Å²) in [5.41, 5.74) is 0.827. The van der Waals surface area contributed by atoms with E-state index in [0.717, 1.165) is 10.0 Å². The van der Waals surface area contributed by atoms with Crippen LogP contribution < -0.4 is 0 Å². The van der Waals surface area contributed by atoms with Crippen molar-refractivity contribution in [2.45, 2.75) is 13.3 Å². The van der Waals surface area contributed by atoms with Crippen molar-refractivity contribution in [1.82, 2.24) is 4.98 Å². The van der Waals surface area contributed by atoms with E-state index < -0.39 is 0 Å². The lowest BCUT2D eigenvalue weighted by Gasteiger charge is -2.00. The van der Waals surface area contributed by atoms with E-state index in [2.05, 4.69) is 20.9 Å². The Kier molecular flexibility index (Phi) is 7.06. The molecule has 2 rings (SSSR count). The summed E-state index contributed by atoms with van der Waals surface area (Å²) in [4.78, 5) is 14.6. The number of Topliss-reactive ketones (excluding diaryl/α,β-unsaturated/α-hetero) is 1. The van der Waals surface area contributed by atoms with Crippen LogP contribution in [0.3, 0.4) is 0 Å². The molecule has 100 valence electrons. The van der Waals surface area contributed by atoms with E-state index in [0.29, 0.717) is 16.5 Å². The normalized spacial score (nSPS) is 9.47. The third-order valence-electron chi connectivity index (χ3n) is 2.08. The van der Waals surface area contributed by atoms with Crippen LogP contribution in [0.5, 0.6) is 0 Å². The highest BCUT2D eigenvalue weighted by Crippen LogP contribution is 2.21. The summed E-state index contributed by atoms with van der Waals surface area (Å²) in [6, 6.07) is 8.95. The molecule has 0 amide bonds. The zero-order chi connectivity index (χ0) is 14.3. The zero-order valence-corrected chi connectivity index (χ0v) is 13.3. The molecule has 0 spiro atoms.